The molecule has 1 unspecified atom stereocenters. The van der Waals surface area contributed by atoms with Crippen LogP contribution in [0.15, 0.2) is 61.3 Å². The number of nitrogens with zero attached hydrogens (tertiary/aromatic N) is 2. The van der Waals surface area contributed by atoms with Crippen LogP contribution < -0.4 is 4.74 Å². The van der Waals surface area contributed by atoms with Crippen LogP contribution >= 0.6 is 0 Å². The van der Waals surface area contributed by atoms with Gasteiger partial charge in [0.1, 0.15) is 18.2 Å². The number of hydrogen-bond donors (Lipinski definition) is 0. The summed E-state index contributed by atoms with van der Waals surface area (Å²) in [4.78, 5) is 9.12. The van der Waals surface area contributed by atoms with Crippen LogP contribution in [-0.2, 0) is 4.74 Å². The minimum atomic E-state index is -0.393. The van der Waals surface area contributed by atoms with Crippen molar-refractivity contribution in [2.24, 2.45) is 0 Å². The molecule has 3 rings (SSSR count). The Balaban J connectivity index is 1.55. The van der Waals surface area contributed by atoms with Gasteiger partial charge in [-0.1, -0.05) is 50.6 Å². The van der Waals surface area contributed by atoms with E-state index in [1.165, 1.54) is 18.9 Å². The number of hydrogen-bond acceptors (Lipinski definition) is 4. The van der Waals surface area contributed by atoms with Gasteiger partial charge in [0.2, 0.25) is 0 Å². The molecule has 1 heterocycles. The summed E-state index contributed by atoms with van der Waals surface area (Å²) < 4.78 is 25.8. The SMILES string of the molecule is C=CCOc1ccc(-c2cnc3cc(C=CCCCC(C)OCCCCC)ccc3n2)c(F)c1. The highest BCUT2D eigenvalue weighted by Crippen LogP contribution is 2.26. The molecule has 0 saturated heterocycles. The summed E-state index contributed by atoms with van der Waals surface area (Å²) in [6, 6.07) is 10.7. The Morgan fingerprint density at radius 1 is 1.09 bits per heavy atom. The Hall–Kier alpha value is -3.05. The predicted molar refractivity (Wildman–Crippen MR) is 138 cm³/mol. The van der Waals surface area contributed by atoms with Crippen molar-refractivity contribution >= 4 is 17.1 Å². The van der Waals surface area contributed by atoms with Crippen molar-refractivity contribution in [3.63, 3.8) is 0 Å². The highest BCUT2D eigenvalue weighted by atomic mass is 19.1. The van der Waals surface area contributed by atoms with Crippen molar-refractivity contribution in [1.82, 2.24) is 9.97 Å². The average Bonchev–Trinajstić information content (AvgIpc) is 2.85. The summed E-state index contributed by atoms with van der Waals surface area (Å²) in [7, 11) is 0. The lowest BCUT2D eigenvalue weighted by Gasteiger charge is -2.12. The fourth-order valence-corrected chi connectivity index (χ4v) is 3.67. The fourth-order valence-electron chi connectivity index (χ4n) is 3.67. The monoisotopic (exact) mass is 462 g/mol. The number of unbranched alkanes of at least 4 members (excludes halogenated alkanes) is 3. The Bertz CT molecular complexity index is 1100. The van der Waals surface area contributed by atoms with Gasteiger partial charge in [0.05, 0.1) is 29.0 Å². The van der Waals surface area contributed by atoms with Crippen LogP contribution in [0.4, 0.5) is 4.39 Å². The molecule has 1 atom stereocenters. The van der Waals surface area contributed by atoms with E-state index in [0.29, 0.717) is 29.7 Å². The van der Waals surface area contributed by atoms with Crippen molar-refractivity contribution in [1.29, 1.82) is 0 Å². The molecule has 0 aliphatic heterocycles. The van der Waals surface area contributed by atoms with Gasteiger partial charge in [-0.15, -0.1) is 0 Å². The van der Waals surface area contributed by atoms with Crippen molar-refractivity contribution in [3.05, 3.63) is 72.7 Å². The molecule has 4 nitrogen and oxygen atoms in total. The van der Waals surface area contributed by atoms with Gasteiger partial charge in [-0.25, -0.2) is 9.37 Å². The molecule has 3 aromatic rings. The average molecular weight is 463 g/mol. The quantitative estimate of drug-likeness (QED) is 0.181. The molecule has 0 fully saturated rings. The second-order valence-electron chi connectivity index (χ2n) is 8.47. The lowest BCUT2D eigenvalue weighted by molar-refractivity contribution is 0.0566. The standard InChI is InChI=1S/C29H35FN2O2/c1-4-6-10-18-33-22(3)11-8-7-9-12-23-13-16-27-28(19-23)31-21-29(32-27)25-15-14-24(20-26(25)30)34-17-5-2/h5,9,12-16,19-22H,2,4,6-8,10-11,17-18H2,1,3H3. The number of benzene rings is 2. The van der Waals surface area contributed by atoms with Gasteiger partial charge in [-0.05, 0) is 62.4 Å². The second kappa shape index (κ2) is 13.6. The number of rotatable bonds is 14. The number of fused-ring (bicyclic) bond motifs is 1. The van der Waals surface area contributed by atoms with Gasteiger partial charge in [0.15, 0.2) is 0 Å². The molecule has 0 bridgehead atoms. The summed E-state index contributed by atoms with van der Waals surface area (Å²) in [5.74, 6) is 0.0655. The topological polar surface area (TPSA) is 44.2 Å². The van der Waals surface area contributed by atoms with E-state index in [0.717, 1.165) is 48.9 Å². The van der Waals surface area contributed by atoms with E-state index in [1.54, 1.807) is 24.4 Å². The first kappa shape index (κ1) is 25.6. The summed E-state index contributed by atoms with van der Waals surface area (Å²) in [5.41, 5.74) is 3.48. The largest absolute Gasteiger partial charge is 0.489 e. The zero-order valence-corrected chi connectivity index (χ0v) is 20.3. The Labute approximate surface area is 202 Å². The highest BCUT2D eigenvalue weighted by Gasteiger charge is 2.10. The third kappa shape index (κ3) is 7.77. The Morgan fingerprint density at radius 2 is 1.97 bits per heavy atom. The molecule has 0 radical (unpaired) electrons. The van der Waals surface area contributed by atoms with Crippen LogP contribution in [0.3, 0.4) is 0 Å². The van der Waals surface area contributed by atoms with Crippen LogP contribution in [0.1, 0.15) is 57.9 Å². The fraction of sp³-hybridized carbons (Fsp3) is 0.379. The maximum atomic E-state index is 14.6. The van der Waals surface area contributed by atoms with Crippen LogP contribution in [0.2, 0.25) is 0 Å². The normalized spacial score (nSPS) is 12.3. The lowest BCUT2D eigenvalue weighted by Crippen LogP contribution is -2.08. The zero-order valence-electron chi connectivity index (χ0n) is 20.3. The van der Waals surface area contributed by atoms with Crippen molar-refractivity contribution < 1.29 is 13.9 Å². The third-order valence-electron chi connectivity index (χ3n) is 5.59. The molecule has 0 N–H and O–H groups in total. The molecular formula is C29H35FN2O2. The first-order valence-corrected chi connectivity index (χ1v) is 12.2. The molecule has 5 heteroatoms. The minimum absolute atomic E-state index is 0.316. The highest BCUT2D eigenvalue weighted by molar-refractivity contribution is 5.79. The van der Waals surface area contributed by atoms with E-state index in [2.05, 4.69) is 42.5 Å². The molecule has 0 aliphatic carbocycles. The molecule has 0 aliphatic rings. The van der Waals surface area contributed by atoms with Gasteiger partial charge < -0.3 is 9.47 Å². The van der Waals surface area contributed by atoms with E-state index in [1.807, 2.05) is 18.2 Å². The summed E-state index contributed by atoms with van der Waals surface area (Å²) in [6.45, 7) is 9.16. The third-order valence-corrected chi connectivity index (χ3v) is 5.59. The number of ether oxygens (including phenoxy) is 2. The van der Waals surface area contributed by atoms with E-state index in [-0.39, 0.29) is 0 Å². The molecule has 2 aromatic carbocycles. The maximum absolute atomic E-state index is 14.6. The molecule has 0 amide bonds. The minimum Gasteiger partial charge on any atom is -0.489 e. The number of halogens is 1. The van der Waals surface area contributed by atoms with Gasteiger partial charge in [-0.3, -0.25) is 4.98 Å². The zero-order chi connectivity index (χ0) is 24.2. The predicted octanol–water partition coefficient (Wildman–Crippen LogP) is 7.78. The smallest absolute Gasteiger partial charge is 0.136 e. The number of allylic oxidation sites excluding steroid dienone is 1. The van der Waals surface area contributed by atoms with E-state index in [4.69, 9.17) is 9.47 Å². The summed E-state index contributed by atoms with van der Waals surface area (Å²) in [6.07, 6.45) is 14.7. The van der Waals surface area contributed by atoms with E-state index in [9.17, 15) is 4.39 Å². The van der Waals surface area contributed by atoms with Crippen molar-refractivity contribution in [2.75, 3.05) is 13.2 Å². The maximum Gasteiger partial charge on any atom is 0.136 e. The van der Waals surface area contributed by atoms with Gasteiger partial charge >= 0.3 is 0 Å². The van der Waals surface area contributed by atoms with E-state index < -0.39 is 5.82 Å². The Kier molecular flexibility index (Phi) is 10.2. The molecule has 1 aromatic heterocycles. The summed E-state index contributed by atoms with van der Waals surface area (Å²) in [5, 5.41) is 0. The van der Waals surface area contributed by atoms with Crippen LogP contribution in [0.25, 0.3) is 28.4 Å². The van der Waals surface area contributed by atoms with Gasteiger partial charge in [0.25, 0.3) is 0 Å². The van der Waals surface area contributed by atoms with Crippen molar-refractivity contribution in [2.45, 2.75) is 58.5 Å². The first-order valence-electron chi connectivity index (χ1n) is 12.2. The molecular weight excluding hydrogens is 427 g/mol. The lowest BCUT2D eigenvalue weighted by atomic mass is 10.1. The first-order chi connectivity index (χ1) is 16.6. The van der Waals surface area contributed by atoms with Crippen LogP contribution in [0, 0.1) is 5.82 Å². The molecule has 0 spiro atoms. The van der Waals surface area contributed by atoms with Gasteiger partial charge in [-0.2, -0.15) is 0 Å². The molecule has 180 valence electrons. The van der Waals surface area contributed by atoms with Crippen molar-refractivity contribution in [3.8, 4) is 17.0 Å². The summed E-state index contributed by atoms with van der Waals surface area (Å²) >= 11 is 0. The van der Waals surface area contributed by atoms with Gasteiger partial charge in [0, 0.05) is 18.2 Å². The number of aromatic nitrogens is 2. The Morgan fingerprint density at radius 3 is 2.76 bits per heavy atom. The van der Waals surface area contributed by atoms with E-state index >= 15 is 0 Å². The molecule has 34 heavy (non-hydrogen) atoms. The van der Waals surface area contributed by atoms with Crippen LogP contribution in [0.5, 0.6) is 5.75 Å². The van der Waals surface area contributed by atoms with Crippen LogP contribution in [-0.4, -0.2) is 29.3 Å². The second-order valence-corrected chi connectivity index (χ2v) is 8.47. The molecule has 0 saturated carbocycles.